The fourth-order valence-electron chi connectivity index (χ4n) is 5.94. The Bertz CT molecular complexity index is 822. The van der Waals surface area contributed by atoms with Crippen molar-refractivity contribution in [2.75, 3.05) is 33.3 Å². The predicted molar refractivity (Wildman–Crippen MR) is 140 cm³/mol. The molecular weight excluding hydrogens is 518 g/mol. The van der Waals surface area contributed by atoms with Crippen molar-refractivity contribution >= 4 is 45.4 Å². The van der Waals surface area contributed by atoms with Crippen LogP contribution in [0.3, 0.4) is 0 Å². The Morgan fingerprint density at radius 3 is 2.53 bits per heavy atom. The molecule has 9 heteroatoms. The quantitative estimate of drug-likeness (QED) is 0.296. The third-order valence-corrected chi connectivity index (χ3v) is 10.8. The molecule has 0 aromatic heterocycles. The molecule has 2 bridgehead atoms. The molecule has 3 rings (SSSR count). The van der Waals surface area contributed by atoms with Gasteiger partial charge in [-0.25, -0.2) is 0 Å². The van der Waals surface area contributed by atoms with E-state index < -0.39 is 28.7 Å². The number of rotatable bonds is 12. The highest BCUT2D eigenvalue weighted by molar-refractivity contribution is 9.09. The Kier molecular flexibility index (Phi) is 8.96. The van der Waals surface area contributed by atoms with E-state index in [9.17, 15) is 19.5 Å². The van der Waals surface area contributed by atoms with E-state index in [1.54, 1.807) is 45.7 Å². The van der Waals surface area contributed by atoms with E-state index in [1.807, 2.05) is 6.92 Å². The average Bonchev–Trinajstić information content (AvgIpc) is 3.40. The minimum atomic E-state index is -0.712. The number of likely N-dealkylation sites (tertiary alicyclic amines) is 1. The molecule has 1 N–H and O–H groups in total. The number of carbonyl (C=O) groups excluding carboxylic acids is 3. The summed E-state index contributed by atoms with van der Waals surface area (Å²) in [4.78, 5) is 46.8. The molecule has 0 aromatic carbocycles. The molecule has 3 unspecified atom stereocenters. The third-order valence-electron chi connectivity index (χ3n) is 7.54. The van der Waals surface area contributed by atoms with Crippen LogP contribution >= 0.6 is 27.7 Å². The zero-order chi connectivity index (χ0) is 25.2. The maximum absolute atomic E-state index is 14.1. The number of aliphatic hydroxyl groups is 1. The molecule has 3 aliphatic heterocycles. The van der Waals surface area contributed by atoms with Gasteiger partial charge in [0.25, 0.3) is 0 Å². The van der Waals surface area contributed by atoms with E-state index in [0.29, 0.717) is 32.5 Å². The number of carbonyl (C=O) groups is 3. The minimum Gasteiger partial charge on any atom is -0.394 e. The Hall–Kier alpha value is -1.32. The number of halogens is 1. The molecule has 1 spiro atoms. The maximum Gasteiger partial charge on any atom is 0.247 e. The molecule has 34 heavy (non-hydrogen) atoms. The summed E-state index contributed by atoms with van der Waals surface area (Å²) in [5.41, 5.74) is 0. The van der Waals surface area contributed by atoms with Crippen LogP contribution in [0, 0.1) is 11.8 Å². The second kappa shape index (κ2) is 11.2. The van der Waals surface area contributed by atoms with Crippen LogP contribution in [-0.2, 0) is 14.4 Å². The topological polar surface area (TPSA) is 81.2 Å². The van der Waals surface area contributed by atoms with Gasteiger partial charge in [0.05, 0.1) is 29.2 Å². The van der Waals surface area contributed by atoms with Crippen molar-refractivity contribution in [2.45, 2.75) is 66.4 Å². The van der Waals surface area contributed by atoms with Crippen molar-refractivity contribution in [2.24, 2.45) is 11.8 Å². The molecule has 7 atom stereocenters. The van der Waals surface area contributed by atoms with Gasteiger partial charge in [-0.15, -0.1) is 24.9 Å². The molecule has 3 aliphatic rings. The maximum atomic E-state index is 14.1. The van der Waals surface area contributed by atoms with E-state index in [4.69, 9.17) is 0 Å². The van der Waals surface area contributed by atoms with Crippen LogP contribution in [0.15, 0.2) is 25.3 Å². The number of amides is 3. The highest BCUT2D eigenvalue weighted by Gasteiger charge is 2.76. The van der Waals surface area contributed by atoms with Gasteiger partial charge in [-0.3, -0.25) is 14.4 Å². The number of aliphatic hydroxyl groups excluding tert-OH is 1. The molecule has 0 aromatic rings. The Labute approximate surface area is 216 Å². The number of nitrogens with zero attached hydrogens (tertiary/aromatic N) is 3. The standard InChI is InChI=1S/C25H38BrN3O4S/c1-6-10-13-28(12-8-3)24(33)21-25-14-17(26)20(34-25)18(22(31)27(5)11-7-2)19(25)23(32)29(21)16(9-4)15-30/h7-8,16-21,30H,2-3,6,9-15H2,1,4-5H3/t16-,17?,18+,19-,20+,21?,25?/m0/s1. The lowest BCUT2D eigenvalue weighted by atomic mass is 9.70. The van der Waals surface area contributed by atoms with Crippen LogP contribution in [0.1, 0.15) is 39.5 Å². The zero-order valence-electron chi connectivity index (χ0n) is 20.5. The first-order valence-electron chi connectivity index (χ1n) is 12.2. The molecule has 0 saturated carbocycles. The van der Waals surface area contributed by atoms with E-state index in [-0.39, 0.29) is 34.4 Å². The highest BCUT2D eigenvalue weighted by Crippen LogP contribution is 2.68. The monoisotopic (exact) mass is 555 g/mol. The summed E-state index contributed by atoms with van der Waals surface area (Å²) in [6, 6.07) is -1.18. The lowest BCUT2D eigenvalue weighted by molar-refractivity contribution is -0.146. The summed E-state index contributed by atoms with van der Waals surface area (Å²) in [6.07, 6.45) is 6.37. The molecule has 3 amide bonds. The van der Waals surface area contributed by atoms with Crippen molar-refractivity contribution in [3.63, 3.8) is 0 Å². The van der Waals surface area contributed by atoms with Gasteiger partial charge >= 0.3 is 0 Å². The number of likely N-dealkylation sites (N-methyl/N-ethyl adjacent to an activating group) is 1. The van der Waals surface area contributed by atoms with Crippen LogP contribution < -0.4 is 0 Å². The summed E-state index contributed by atoms with van der Waals surface area (Å²) >= 11 is 5.42. The number of alkyl halides is 1. The second-order valence-electron chi connectivity index (χ2n) is 9.59. The van der Waals surface area contributed by atoms with Crippen molar-refractivity contribution < 1.29 is 19.5 Å². The molecule has 0 aliphatic carbocycles. The van der Waals surface area contributed by atoms with Crippen LogP contribution in [0.25, 0.3) is 0 Å². The lowest BCUT2D eigenvalue weighted by Gasteiger charge is -2.40. The molecular formula is C25H38BrN3O4S. The van der Waals surface area contributed by atoms with Gasteiger partial charge in [-0.2, -0.15) is 0 Å². The summed E-state index contributed by atoms with van der Waals surface area (Å²) in [5, 5.41) is 10.1. The van der Waals surface area contributed by atoms with Crippen molar-refractivity contribution in [3.8, 4) is 0 Å². The molecule has 3 saturated heterocycles. The summed E-state index contributed by atoms with van der Waals surface area (Å²) in [6.45, 7) is 12.7. The Balaban J connectivity index is 2.09. The van der Waals surface area contributed by atoms with Crippen LogP contribution in [-0.4, -0.2) is 97.7 Å². The zero-order valence-corrected chi connectivity index (χ0v) is 22.9. The molecule has 3 fully saturated rings. The normalized spacial score (nSPS) is 32.4. The molecule has 7 nitrogen and oxygen atoms in total. The van der Waals surface area contributed by atoms with Crippen LogP contribution in [0.4, 0.5) is 0 Å². The highest BCUT2D eigenvalue weighted by atomic mass is 79.9. The SMILES string of the molecule is C=CCN(C)C(=O)[C@H]1[C@@H]2SC3(CC2Br)C(C(=O)N(CC=C)CCCC)N([C@@H](CC)CO)C(=O)[C@H]13. The predicted octanol–water partition coefficient (Wildman–Crippen LogP) is 2.68. The number of hydrogen-bond donors (Lipinski definition) is 1. The number of thioether (sulfide) groups is 1. The summed E-state index contributed by atoms with van der Waals surface area (Å²) < 4.78 is -0.698. The number of unbranched alkanes of at least 4 members (excludes halogenated alkanes) is 1. The fourth-order valence-corrected chi connectivity index (χ4v) is 9.53. The largest absolute Gasteiger partial charge is 0.394 e. The van der Waals surface area contributed by atoms with Gasteiger partial charge < -0.3 is 19.8 Å². The molecule has 3 heterocycles. The second-order valence-corrected chi connectivity index (χ2v) is 12.3. The summed E-state index contributed by atoms with van der Waals surface area (Å²) in [7, 11) is 1.73. The van der Waals surface area contributed by atoms with Crippen molar-refractivity contribution in [1.29, 1.82) is 0 Å². The number of hydrogen-bond acceptors (Lipinski definition) is 5. The van der Waals surface area contributed by atoms with Crippen molar-refractivity contribution in [1.82, 2.24) is 14.7 Å². The van der Waals surface area contributed by atoms with Crippen LogP contribution in [0.5, 0.6) is 0 Å². The lowest BCUT2D eigenvalue weighted by Crippen LogP contribution is -2.58. The smallest absolute Gasteiger partial charge is 0.247 e. The van der Waals surface area contributed by atoms with E-state index in [2.05, 4.69) is 36.0 Å². The third kappa shape index (κ3) is 4.37. The fraction of sp³-hybridized carbons (Fsp3) is 0.720. The molecule has 190 valence electrons. The van der Waals surface area contributed by atoms with Gasteiger partial charge in [-0.05, 0) is 19.3 Å². The van der Waals surface area contributed by atoms with E-state index >= 15 is 0 Å². The van der Waals surface area contributed by atoms with Gasteiger partial charge in [-0.1, -0.05) is 48.4 Å². The van der Waals surface area contributed by atoms with Gasteiger partial charge in [0, 0.05) is 36.8 Å². The molecule has 0 radical (unpaired) electrons. The summed E-state index contributed by atoms with van der Waals surface area (Å²) in [5.74, 6) is -1.45. The van der Waals surface area contributed by atoms with Gasteiger partial charge in [0.2, 0.25) is 17.7 Å². The van der Waals surface area contributed by atoms with E-state index in [0.717, 1.165) is 12.8 Å². The first-order valence-corrected chi connectivity index (χ1v) is 14.0. The Morgan fingerprint density at radius 2 is 1.97 bits per heavy atom. The average molecular weight is 557 g/mol. The number of fused-ring (bicyclic) bond motifs is 1. The van der Waals surface area contributed by atoms with E-state index in [1.165, 1.54) is 0 Å². The van der Waals surface area contributed by atoms with Gasteiger partial charge in [0.15, 0.2) is 0 Å². The Morgan fingerprint density at radius 1 is 1.29 bits per heavy atom. The first-order chi connectivity index (χ1) is 16.2. The first kappa shape index (κ1) is 27.3. The van der Waals surface area contributed by atoms with Crippen LogP contribution in [0.2, 0.25) is 0 Å². The van der Waals surface area contributed by atoms with Crippen molar-refractivity contribution in [3.05, 3.63) is 25.3 Å². The minimum absolute atomic E-state index is 0.0283. The van der Waals surface area contributed by atoms with Gasteiger partial charge in [0.1, 0.15) is 6.04 Å².